The highest BCUT2D eigenvalue weighted by atomic mass is 16.5. The minimum absolute atomic E-state index is 0.0705. The number of carboxylic acids is 1. The Balaban J connectivity index is 2.75. The molecule has 15 heavy (non-hydrogen) atoms. The van der Waals surface area contributed by atoms with Gasteiger partial charge in [-0.05, 0) is 33.1 Å². The van der Waals surface area contributed by atoms with Gasteiger partial charge in [-0.25, -0.2) is 0 Å². The monoisotopic (exact) mass is 215 g/mol. The van der Waals surface area contributed by atoms with E-state index in [1.54, 1.807) is 7.11 Å². The SMILES string of the molecule is COC1CCCC(NC(C)C)(C(=O)O)C1. The normalized spacial score (nSPS) is 31.9. The molecule has 0 aromatic heterocycles. The van der Waals surface area contributed by atoms with Crippen LogP contribution in [0, 0.1) is 0 Å². The Morgan fingerprint density at radius 3 is 2.73 bits per heavy atom. The zero-order valence-corrected chi connectivity index (χ0v) is 9.75. The van der Waals surface area contributed by atoms with Gasteiger partial charge >= 0.3 is 5.97 Å². The molecule has 2 atom stereocenters. The summed E-state index contributed by atoms with van der Waals surface area (Å²) in [4.78, 5) is 11.4. The number of methoxy groups -OCH3 is 1. The third-order valence-electron chi connectivity index (χ3n) is 3.01. The van der Waals surface area contributed by atoms with Crippen molar-refractivity contribution in [1.29, 1.82) is 0 Å². The van der Waals surface area contributed by atoms with Crippen molar-refractivity contribution in [2.75, 3.05) is 7.11 Å². The lowest BCUT2D eigenvalue weighted by atomic mass is 9.79. The minimum Gasteiger partial charge on any atom is -0.480 e. The number of ether oxygens (including phenoxy) is 1. The Morgan fingerprint density at radius 2 is 2.27 bits per heavy atom. The Labute approximate surface area is 91.0 Å². The molecule has 0 amide bonds. The van der Waals surface area contributed by atoms with Crippen molar-refractivity contribution in [3.05, 3.63) is 0 Å². The molecule has 0 spiro atoms. The molecule has 1 aliphatic rings. The van der Waals surface area contributed by atoms with Crippen LogP contribution >= 0.6 is 0 Å². The summed E-state index contributed by atoms with van der Waals surface area (Å²) >= 11 is 0. The van der Waals surface area contributed by atoms with Crippen LogP contribution in [0.5, 0.6) is 0 Å². The molecule has 0 aromatic carbocycles. The summed E-state index contributed by atoms with van der Waals surface area (Å²) < 4.78 is 5.27. The van der Waals surface area contributed by atoms with Gasteiger partial charge in [-0.15, -0.1) is 0 Å². The molecule has 88 valence electrons. The van der Waals surface area contributed by atoms with E-state index in [0.29, 0.717) is 12.8 Å². The van der Waals surface area contributed by atoms with Crippen molar-refractivity contribution in [3.63, 3.8) is 0 Å². The smallest absolute Gasteiger partial charge is 0.324 e. The third kappa shape index (κ3) is 2.92. The predicted molar refractivity (Wildman–Crippen MR) is 57.9 cm³/mol. The quantitative estimate of drug-likeness (QED) is 0.744. The van der Waals surface area contributed by atoms with Gasteiger partial charge in [0.05, 0.1) is 6.10 Å². The first-order valence-electron chi connectivity index (χ1n) is 5.54. The molecule has 1 fully saturated rings. The average molecular weight is 215 g/mol. The van der Waals surface area contributed by atoms with Crippen LogP contribution in [0.1, 0.15) is 39.5 Å². The Hall–Kier alpha value is -0.610. The molecule has 4 nitrogen and oxygen atoms in total. The molecular formula is C11H21NO3. The van der Waals surface area contributed by atoms with Gasteiger partial charge in [0, 0.05) is 19.6 Å². The fraction of sp³-hybridized carbons (Fsp3) is 0.909. The van der Waals surface area contributed by atoms with Crippen molar-refractivity contribution in [2.45, 2.75) is 57.2 Å². The fourth-order valence-electron chi connectivity index (χ4n) is 2.37. The number of nitrogens with one attached hydrogen (secondary N) is 1. The van der Waals surface area contributed by atoms with Gasteiger partial charge < -0.3 is 9.84 Å². The van der Waals surface area contributed by atoms with E-state index < -0.39 is 11.5 Å². The molecule has 0 saturated heterocycles. The number of carboxylic acid groups (broad SMARTS) is 1. The molecule has 0 aliphatic heterocycles. The standard InChI is InChI=1S/C11H21NO3/c1-8(2)12-11(10(13)14)6-4-5-9(7-11)15-3/h8-9,12H,4-7H2,1-3H3,(H,13,14). The predicted octanol–water partition coefficient (Wildman–Crippen LogP) is 1.40. The largest absolute Gasteiger partial charge is 0.480 e. The number of carbonyl (C=O) groups is 1. The maximum absolute atomic E-state index is 11.4. The topological polar surface area (TPSA) is 58.6 Å². The second-order valence-electron chi connectivity index (χ2n) is 4.64. The molecule has 0 aromatic rings. The van der Waals surface area contributed by atoms with Crippen molar-refractivity contribution in [1.82, 2.24) is 5.32 Å². The maximum atomic E-state index is 11.4. The minimum atomic E-state index is -0.785. The lowest BCUT2D eigenvalue weighted by Crippen LogP contribution is -2.58. The molecule has 4 heteroatoms. The third-order valence-corrected chi connectivity index (χ3v) is 3.01. The molecule has 1 aliphatic carbocycles. The summed E-state index contributed by atoms with van der Waals surface area (Å²) in [5, 5.41) is 12.5. The van der Waals surface area contributed by atoms with Gasteiger partial charge in [0.2, 0.25) is 0 Å². The maximum Gasteiger partial charge on any atom is 0.324 e. The number of hydrogen-bond donors (Lipinski definition) is 2. The molecule has 0 heterocycles. The molecule has 0 bridgehead atoms. The van der Waals surface area contributed by atoms with Crippen LogP contribution in [-0.2, 0) is 9.53 Å². The highest BCUT2D eigenvalue weighted by Gasteiger charge is 2.43. The summed E-state index contributed by atoms with van der Waals surface area (Å²) in [6.07, 6.45) is 3.20. The second kappa shape index (κ2) is 4.94. The van der Waals surface area contributed by atoms with E-state index in [2.05, 4.69) is 5.32 Å². The van der Waals surface area contributed by atoms with Crippen LogP contribution < -0.4 is 5.32 Å². The van der Waals surface area contributed by atoms with Crippen molar-refractivity contribution in [3.8, 4) is 0 Å². The van der Waals surface area contributed by atoms with Gasteiger partial charge in [0.15, 0.2) is 0 Å². The van der Waals surface area contributed by atoms with Gasteiger partial charge in [-0.2, -0.15) is 0 Å². The molecular weight excluding hydrogens is 194 g/mol. The summed E-state index contributed by atoms with van der Waals surface area (Å²) in [6, 6.07) is 0.178. The van der Waals surface area contributed by atoms with E-state index in [0.717, 1.165) is 12.8 Å². The lowest BCUT2D eigenvalue weighted by Gasteiger charge is -2.39. The van der Waals surface area contributed by atoms with E-state index in [9.17, 15) is 9.90 Å². The van der Waals surface area contributed by atoms with Gasteiger partial charge in [-0.1, -0.05) is 0 Å². The number of hydrogen-bond acceptors (Lipinski definition) is 3. The molecule has 2 unspecified atom stereocenters. The summed E-state index contributed by atoms with van der Waals surface area (Å²) in [5.74, 6) is -0.752. The first-order chi connectivity index (χ1) is 7.00. The van der Waals surface area contributed by atoms with Crippen molar-refractivity contribution in [2.24, 2.45) is 0 Å². The van der Waals surface area contributed by atoms with Crippen molar-refractivity contribution < 1.29 is 14.6 Å². The average Bonchev–Trinajstić information content (AvgIpc) is 2.16. The summed E-state index contributed by atoms with van der Waals surface area (Å²) in [6.45, 7) is 3.95. The van der Waals surface area contributed by atoms with E-state index in [4.69, 9.17) is 4.74 Å². The molecule has 1 rings (SSSR count). The second-order valence-corrected chi connectivity index (χ2v) is 4.64. The zero-order chi connectivity index (χ0) is 11.5. The molecule has 2 N–H and O–H groups in total. The van der Waals surface area contributed by atoms with Crippen LogP contribution in [0.2, 0.25) is 0 Å². The summed E-state index contributed by atoms with van der Waals surface area (Å²) in [5.41, 5.74) is -0.785. The Kier molecular flexibility index (Phi) is 4.11. The Morgan fingerprint density at radius 1 is 1.60 bits per heavy atom. The van der Waals surface area contributed by atoms with Crippen LogP contribution in [0.25, 0.3) is 0 Å². The van der Waals surface area contributed by atoms with E-state index in [-0.39, 0.29) is 12.1 Å². The van der Waals surface area contributed by atoms with Crippen LogP contribution in [-0.4, -0.2) is 35.9 Å². The fourth-order valence-corrected chi connectivity index (χ4v) is 2.37. The van der Waals surface area contributed by atoms with E-state index >= 15 is 0 Å². The molecule has 0 radical (unpaired) electrons. The van der Waals surface area contributed by atoms with Gasteiger partial charge in [-0.3, -0.25) is 10.1 Å². The summed E-state index contributed by atoms with van der Waals surface area (Å²) in [7, 11) is 1.65. The van der Waals surface area contributed by atoms with Crippen LogP contribution in [0.4, 0.5) is 0 Å². The van der Waals surface area contributed by atoms with E-state index in [1.165, 1.54) is 0 Å². The zero-order valence-electron chi connectivity index (χ0n) is 9.75. The van der Waals surface area contributed by atoms with E-state index in [1.807, 2.05) is 13.8 Å². The van der Waals surface area contributed by atoms with Gasteiger partial charge in [0.1, 0.15) is 5.54 Å². The van der Waals surface area contributed by atoms with Crippen LogP contribution in [0.15, 0.2) is 0 Å². The van der Waals surface area contributed by atoms with Crippen molar-refractivity contribution >= 4 is 5.97 Å². The lowest BCUT2D eigenvalue weighted by molar-refractivity contribution is -0.149. The number of aliphatic carboxylic acids is 1. The highest BCUT2D eigenvalue weighted by Crippen LogP contribution is 2.30. The Bertz CT molecular complexity index is 230. The highest BCUT2D eigenvalue weighted by molar-refractivity contribution is 5.79. The van der Waals surface area contributed by atoms with Crippen LogP contribution in [0.3, 0.4) is 0 Å². The first-order valence-corrected chi connectivity index (χ1v) is 5.54. The van der Waals surface area contributed by atoms with Gasteiger partial charge in [0.25, 0.3) is 0 Å². The first kappa shape index (κ1) is 12.5. The number of rotatable bonds is 4. The molecule has 1 saturated carbocycles.